The standard InChI is InChI=1S/C13H6BrF2NO4/c14-10-3-1-7(15)5-9(10)13(18)21-12-6-8(16)2-4-11(12)17(19)20/h1-6H. The summed E-state index contributed by atoms with van der Waals surface area (Å²) in [5.41, 5.74) is -0.745. The molecule has 2 aromatic rings. The van der Waals surface area contributed by atoms with Crippen LogP contribution < -0.4 is 4.74 Å². The number of ether oxygens (including phenoxy) is 1. The van der Waals surface area contributed by atoms with E-state index < -0.39 is 34.0 Å². The number of nitrogens with zero attached hydrogens (tertiary/aromatic N) is 1. The second-order valence-electron chi connectivity index (χ2n) is 3.88. The van der Waals surface area contributed by atoms with Crippen LogP contribution in [-0.2, 0) is 0 Å². The van der Waals surface area contributed by atoms with E-state index in [1.165, 1.54) is 6.07 Å². The molecule has 0 aliphatic carbocycles. The number of nitro benzene ring substituents is 1. The minimum Gasteiger partial charge on any atom is -0.415 e. The molecule has 2 aromatic carbocycles. The van der Waals surface area contributed by atoms with Crippen LogP contribution in [0.15, 0.2) is 40.9 Å². The molecule has 21 heavy (non-hydrogen) atoms. The average molecular weight is 358 g/mol. The van der Waals surface area contributed by atoms with Crippen molar-refractivity contribution < 1.29 is 23.2 Å². The Morgan fingerprint density at radius 2 is 1.76 bits per heavy atom. The summed E-state index contributed by atoms with van der Waals surface area (Å²) in [5.74, 6) is -3.09. The predicted octanol–water partition coefficient (Wildman–Crippen LogP) is 3.85. The summed E-state index contributed by atoms with van der Waals surface area (Å²) >= 11 is 3.03. The molecule has 0 spiro atoms. The van der Waals surface area contributed by atoms with Gasteiger partial charge in [-0.1, -0.05) is 0 Å². The van der Waals surface area contributed by atoms with Crippen molar-refractivity contribution in [2.45, 2.75) is 0 Å². The van der Waals surface area contributed by atoms with E-state index in [2.05, 4.69) is 15.9 Å². The number of esters is 1. The van der Waals surface area contributed by atoms with Crippen molar-refractivity contribution in [3.63, 3.8) is 0 Å². The van der Waals surface area contributed by atoms with Crippen LogP contribution in [0.2, 0.25) is 0 Å². The van der Waals surface area contributed by atoms with E-state index in [0.29, 0.717) is 6.07 Å². The Kier molecular flexibility index (Phi) is 4.27. The second kappa shape index (κ2) is 5.96. The zero-order valence-electron chi connectivity index (χ0n) is 10.2. The van der Waals surface area contributed by atoms with Crippen molar-refractivity contribution in [1.29, 1.82) is 0 Å². The van der Waals surface area contributed by atoms with Crippen LogP contribution in [0.4, 0.5) is 14.5 Å². The summed E-state index contributed by atoms with van der Waals surface area (Å²) in [6, 6.07) is 5.75. The molecule has 0 aliphatic rings. The Morgan fingerprint density at radius 3 is 2.43 bits per heavy atom. The number of nitro groups is 1. The number of carbonyl (C=O) groups is 1. The first-order valence-electron chi connectivity index (χ1n) is 5.49. The van der Waals surface area contributed by atoms with Gasteiger partial charge in [0, 0.05) is 16.6 Å². The topological polar surface area (TPSA) is 69.4 Å². The first-order valence-corrected chi connectivity index (χ1v) is 6.29. The number of hydrogen-bond acceptors (Lipinski definition) is 4. The Labute approximate surface area is 125 Å². The van der Waals surface area contributed by atoms with Gasteiger partial charge in [0.25, 0.3) is 0 Å². The molecule has 0 saturated heterocycles. The SMILES string of the molecule is O=C(Oc1cc(F)ccc1[N+](=O)[O-])c1cc(F)ccc1Br. The first kappa shape index (κ1) is 15.0. The van der Waals surface area contributed by atoms with Crippen molar-refractivity contribution in [1.82, 2.24) is 0 Å². The van der Waals surface area contributed by atoms with Gasteiger partial charge in [-0.25, -0.2) is 13.6 Å². The fraction of sp³-hybridized carbons (Fsp3) is 0. The number of benzene rings is 2. The quantitative estimate of drug-likeness (QED) is 0.362. The first-order chi connectivity index (χ1) is 9.88. The van der Waals surface area contributed by atoms with Gasteiger partial charge in [0.05, 0.1) is 10.5 Å². The van der Waals surface area contributed by atoms with Crippen molar-refractivity contribution in [3.8, 4) is 5.75 Å². The van der Waals surface area contributed by atoms with E-state index in [4.69, 9.17) is 4.74 Å². The molecule has 0 heterocycles. The summed E-state index contributed by atoms with van der Waals surface area (Å²) in [6.45, 7) is 0. The lowest BCUT2D eigenvalue weighted by atomic mass is 10.2. The van der Waals surface area contributed by atoms with E-state index in [1.54, 1.807) is 0 Å². The highest BCUT2D eigenvalue weighted by Gasteiger charge is 2.21. The lowest BCUT2D eigenvalue weighted by Gasteiger charge is -2.06. The van der Waals surface area contributed by atoms with Gasteiger partial charge >= 0.3 is 11.7 Å². The minimum absolute atomic E-state index is 0.173. The van der Waals surface area contributed by atoms with Gasteiger partial charge < -0.3 is 4.74 Å². The maximum absolute atomic E-state index is 13.1. The van der Waals surface area contributed by atoms with Gasteiger partial charge in [0.15, 0.2) is 0 Å². The molecule has 5 nitrogen and oxygen atoms in total. The molecule has 0 radical (unpaired) electrons. The minimum atomic E-state index is -1.05. The molecular formula is C13H6BrF2NO4. The van der Waals surface area contributed by atoms with Crippen molar-refractivity contribution >= 4 is 27.6 Å². The number of carbonyl (C=O) groups excluding carboxylic acids is 1. The van der Waals surface area contributed by atoms with Crippen molar-refractivity contribution in [2.75, 3.05) is 0 Å². The van der Waals surface area contributed by atoms with Gasteiger partial charge in [-0.05, 0) is 40.2 Å². The van der Waals surface area contributed by atoms with Crippen molar-refractivity contribution in [3.05, 3.63) is 68.2 Å². The predicted molar refractivity (Wildman–Crippen MR) is 72.1 cm³/mol. The number of rotatable bonds is 3. The van der Waals surface area contributed by atoms with E-state index in [-0.39, 0.29) is 10.0 Å². The van der Waals surface area contributed by atoms with Gasteiger partial charge in [0.2, 0.25) is 5.75 Å². The molecule has 2 rings (SSSR count). The molecule has 0 bridgehead atoms. The highest BCUT2D eigenvalue weighted by Crippen LogP contribution is 2.29. The van der Waals surface area contributed by atoms with E-state index in [1.807, 2.05) is 0 Å². The van der Waals surface area contributed by atoms with Crippen LogP contribution in [0.1, 0.15) is 10.4 Å². The Morgan fingerprint density at radius 1 is 1.14 bits per heavy atom. The monoisotopic (exact) mass is 357 g/mol. The lowest BCUT2D eigenvalue weighted by molar-refractivity contribution is -0.385. The van der Waals surface area contributed by atoms with Crippen LogP contribution in [0, 0.1) is 21.7 Å². The van der Waals surface area contributed by atoms with Gasteiger partial charge in [0.1, 0.15) is 11.6 Å². The molecule has 0 aliphatic heterocycles. The lowest BCUT2D eigenvalue weighted by Crippen LogP contribution is -2.11. The molecule has 0 amide bonds. The average Bonchev–Trinajstić information content (AvgIpc) is 2.41. The van der Waals surface area contributed by atoms with E-state index in [9.17, 15) is 23.7 Å². The zero-order chi connectivity index (χ0) is 15.6. The van der Waals surface area contributed by atoms with E-state index in [0.717, 1.165) is 24.3 Å². The maximum Gasteiger partial charge on any atom is 0.345 e. The third-order valence-electron chi connectivity index (χ3n) is 2.47. The van der Waals surface area contributed by atoms with Crippen LogP contribution in [-0.4, -0.2) is 10.9 Å². The van der Waals surface area contributed by atoms with Crippen LogP contribution in [0.5, 0.6) is 5.75 Å². The maximum atomic E-state index is 13.1. The molecular weight excluding hydrogens is 352 g/mol. The molecule has 108 valence electrons. The molecule has 0 fully saturated rings. The Hall–Kier alpha value is -2.35. The van der Waals surface area contributed by atoms with Gasteiger partial charge in [-0.3, -0.25) is 10.1 Å². The third-order valence-corrected chi connectivity index (χ3v) is 3.16. The molecule has 0 N–H and O–H groups in total. The highest BCUT2D eigenvalue weighted by molar-refractivity contribution is 9.10. The second-order valence-corrected chi connectivity index (χ2v) is 4.74. The van der Waals surface area contributed by atoms with Gasteiger partial charge in [-0.2, -0.15) is 0 Å². The molecule has 0 atom stereocenters. The molecule has 8 heteroatoms. The van der Waals surface area contributed by atoms with Crippen LogP contribution in [0.3, 0.4) is 0 Å². The summed E-state index contributed by atoms with van der Waals surface area (Å²) in [5, 5.41) is 10.8. The largest absolute Gasteiger partial charge is 0.415 e. The fourth-order valence-corrected chi connectivity index (χ4v) is 1.94. The number of halogens is 3. The molecule has 0 aromatic heterocycles. The summed E-state index contributed by atoms with van der Waals surface area (Å²) in [6.07, 6.45) is 0. The smallest absolute Gasteiger partial charge is 0.345 e. The highest BCUT2D eigenvalue weighted by atomic mass is 79.9. The Bertz CT molecular complexity index is 736. The summed E-state index contributed by atoms with van der Waals surface area (Å²) in [7, 11) is 0. The summed E-state index contributed by atoms with van der Waals surface area (Å²) < 4.78 is 31.3. The van der Waals surface area contributed by atoms with Crippen LogP contribution in [0.25, 0.3) is 0 Å². The Balaban J connectivity index is 2.38. The van der Waals surface area contributed by atoms with Gasteiger partial charge in [-0.15, -0.1) is 0 Å². The van der Waals surface area contributed by atoms with Crippen LogP contribution >= 0.6 is 15.9 Å². The van der Waals surface area contributed by atoms with E-state index >= 15 is 0 Å². The third kappa shape index (κ3) is 3.40. The number of hydrogen-bond donors (Lipinski definition) is 0. The van der Waals surface area contributed by atoms with Crippen molar-refractivity contribution in [2.24, 2.45) is 0 Å². The fourth-order valence-electron chi connectivity index (χ4n) is 1.53. The summed E-state index contributed by atoms with van der Waals surface area (Å²) in [4.78, 5) is 21.9. The normalized spacial score (nSPS) is 10.2. The zero-order valence-corrected chi connectivity index (χ0v) is 11.8. The molecule has 0 saturated carbocycles. The molecule has 0 unspecified atom stereocenters.